The second kappa shape index (κ2) is 9.96. The van der Waals surface area contributed by atoms with Crippen molar-refractivity contribution in [2.24, 2.45) is 5.92 Å². The first kappa shape index (κ1) is 18.3. The molecule has 0 radical (unpaired) electrons. The first-order valence-electron chi connectivity index (χ1n) is 7.92. The Morgan fingerprint density at radius 2 is 1.58 bits per heavy atom. The smallest absolute Gasteiger partial charge is 0.460 e. The number of benzene rings is 2. The van der Waals surface area contributed by atoms with E-state index in [1.807, 2.05) is 60.7 Å². The molecule has 0 aromatic heterocycles. The first-order valence-corrected chi connectivity index (χ1v) is 9.28. The van der Waals surface area contributed by atoms with Crippen LogP contribution in [0.4, 0.5) is 0 Å². The lowest BCUT2D eigenvalue weighted by molar-refractivity contribution is -0.149. The van der Waals surface area contributed by atoms with Crippen molar-refractivity contribution in [1.82, 2.24) is 0 Å². The van der Waals surface area contributed by atoms with Crippen LogP contribution < -0.4 is 0 Å². The zero-order chi connectivity index (χ0) is 17.2. The zero-order valence-electron chi connectivity index (χ0n) is 13.8. The Morgan fingerprint density at radius 1 is 1.00 bits per heavy atom. The Bertz CT molecular complexity index is 643. The predicted octanol–water partition coefficient (Wildman–Crippen LogP) is 4.37. The topological polar surface area (TPSA) is 52.6 Å². The van der Waals surface area contributed by atoms with Gasteiger partial charge in [0.1, 0.15) is 12.5 Å². The van der Waals surface area contributed by atoms with Gasteiger partial charge in [-0.15, -0.1) is 4.52 Å². The molecule has 24 heavy (non-hydrogen) atoms. The summed E-state index contributed by atoms with van der Waals surface area (Å²) in [5.74, 6) is -0.757. The van der Waals surface area contributed by atoms with E-state index in [0.717, 1.165) is 17.5 Å². The molecule has 2 atom stereocenters. The molecule has 5 heteroatoms. The van der Waals surface area contributed by atoms with E-state index < -0.39 is 13.9 Å². The number of carbonyl (C=O) groups excluding carboxylic acids is 1. The molecule has 0 N–H and O–H groups in total. The van der Waals surface area contributed by atoms with Crippen LogP contribution >= 0.6 is 8.03 Å². The Hall–Kier alpha value is -2.03. The summed E-state index contributed by atoms with van der Waals surface area (Å²) < 4.78 is 22.0. The van der Waals surface area contributed by atoms with Crippen molar-refractivity contribution in [2.45, 2.75) is 19.4 Å². The number of carbonyl (C=O) groups is 1. The molecule has 0 heterocycles. The summed E-state index contributed by atoms with van der Waals surface area (Å²) >= 11 is 0. The number of hydrogen-bond acceptors (Lipinski definition) is 4. The lowest BCUT2D eigenvalue weighted by Gasteiger charge is -2.12. The average Bonchev–Trinajstić information content (AvgIpc) is 2.64. The lowest BCUT2D eigenvalue weighted by atomic mass is 10.0. The monoisotopic (exact) mass is 345 g/mol. The molecule has 0 aliphatic heterocycles. The third-order valence-electron chi connectivity index (χ3n) is 3.75. The van der Waals surface area contributed by atoms with Crippen molar-refractivity contribution in [3.8, 4) is 0 Å². The molecule has 0 spiro atoms. The molecule has 126 valence electrons. The van der Waals surface area contributed by atoms with E-state index in [1.165, 1.54) is 7.11 Å². The molecule has 2 aromatic carbocycles. The molecular formula is C19H22O4P+. The maximum atomic E-state index is 12.4. The number of hydrogen-bond donors (Lipinski definition) is 0. The average molecular weight is 345 g/mol. The summed E-state index contributed by atoms with van der Waals surface area (Å²) in [6.07, 6.45) is 1.51. The van der Waals surface area contributed by atoms with Gasteiger partial charge in [-0.05, 0) is 28.5 Å². The van der Waals surface area contributed by atoms with Crippen LogP contribution in [0.5, 0.6) is 0 Å². The quantitative estimate of drug-likeness (QED) is 0.500. The van der Waals surface area contributed by atoms with Crippen molar-refractivity contribution in [3.05, 3.63) is 71.8 Å². The molecule has 2 rings (SSSR count). The molecule has 0 saturated carbocycles. The van der Waals surface area contributed by atoms with Crippen LogP contribution in [0.25, 0.3) is 0 Å². The number of rotatable bonds is 9. The normalized spacial score (nSPS) is 12.5. The first-order chi connectivity index (χ1) is 11.7. The third kappa shape index (κ3) is 6.23. The molecule has 0 aliphatic rings. The van der Waals surface area contributed by atoms with E-state index >= 15 is 0 Å². The van der Waals surface area contributed by atoms with Gasteiger partial charge >= 0.3 is 14.0 Å². The van der Waals surface area contributed by atoms with Crippen molar-refractivity contribution >= 4 is 14.0 Å². The Balaban J connectivity index is 1.93. The van der Waals surface area contributed by atoms with E-state index in [2.05, 4.69) is 0 Å². The van der Waals surface area contributed by atoms with Gasteiger partial charge in [0, 0.05) is 0 Å². The van der Waals surface area contributed by atoms with E-state index in [9.17, 15) is 9.36 Å². The summed E-state index contributed by atoms with van der Waals surface area (Å²) in [5.41, 5.74) is 2.08. The second-order valence-electron chi connectivity index (χ2n) is 5.51. The van der Waals surface area contributed by atoms with Gasteiger partial charge in [0.05, 0.1) is 7.11 Å². The molecule has 4 nitrogen and oxygen atoms in total. The highest BCUT2D eigenvalue weighted by Gasteiger charge is 2.30. The fourth-order valence-electron chi connectivity index (χ4n) is 2.37. The molecule has 0 fully saturated rings. The summed E-state index contributed by atoms with van der Waals surface area (Å²) in [4.78, 5) is 12.4. The minimum Gasteiger partial charge on any atom is -0.460 e. The van der Waals surface area contributed by atoms with Crippen LogP contribution in [-0.2, 0) is 31.6 Å². The van der Waals surface area contributed by atoms with Crippen LogP contribution in [0.15, 0.2) is 60.7 Å². The lowest BCUT2D eigenvalue weighted by Crippen LogP contribution is -2.21. The molecule has 0 amide bonds. The van der Waals surface area contributed by atoms with Gasteiger partial charge in [0.2, 0.25) is 0 Å². The predicted molar refractivity (Wildman–Crippen MR) is 94.0 cm³/mol. The SMILES string of the molecule is CO[P+](=O)CC(CCc1ccccc1)C(=O)OCc1ccccc1. The van der Waals surface area contributed by atoms with Crippen LogP contribution in [0.2, 0.25) is 0 Å². The van der Waals surface area contributed by atoms with Crippen LogP contribution in [0.1, 0.15) is 17.5 Å². The maximum Gasteiger partial charge on any atom is 0.508 e. The maximum absolute atomic E-state index is 12.4. The minimum absolute atomic E-state index is 0.187. The zero-order valence-corrected chi connectivity index (χ0v) is 14.7. The third-order valence-corrected chi connectivity index (χ3v) is 4.90. The van der Waals surface area contributed by atoms with Crippen molar-refractivity contribution in [3.63, 3.8) is 0 Å². The summed E-state index contributed by atoms with van der Waals surface area (Å²) in [6, 6.07) is 19.4. The van der Waals surface area contributed by atoms with Gasteiger partial charge in [-0.2, -0.15) is 0 Å². The summed E-state index contributed by atoms with van der Waals surface area (Å²) in [5, 5.41) is 0. The van der Waals surface area contributed by atoms with E-state index in [0.29, 0.717) is 6.42 Å². The van der Waals surface area contributed by atoms with E-state index in [1.54, 1.807) is 0 Å². The van der Waals surface area contributed by atoms with Gasteiger partial charge < -0.3 is 4.74 Å². The van der Waals surface area contributed by atoms with Crippen molar-refractivity contribution in [1.29, 1.82) is 0 Å². The Morgan fingerprint density at radius 3 is 2.17 bits per heavy atom. The molecular weight excluding hydrogens is 323 g/mol. The molecule has 0 saturated heterocycles. The fourth-order valence-corrected chi connectivity index (χ4v) is 3.21. The fraction of sp³-hybridized carbons (Fsp3) is 0.316. The Kier molecular flexibility index (Phi) is 7.60. The van der Waals surface area contributed by atoms with Gasteiger partial charge in [0.15, 0.2) is 6.16 Å². The highest BCUT2D eigenvalue weighted by Crippen LogP contribution is 2.27. The molecule has 2 aromatic rings. The second-order valence-corrected chi connectivity index (χ2v) is 6.91. The van der Waals surface area contributed by atoms with Crippen LogP contribution in [-0.4, -0.2) is 19.2 Å². The van der Waals surface area contributed by atoms with Gasteiger partial charge in [-0.1, -0.05) is 60.7 Å². The number of ether oxygens (including phenoxy) is 1. The van der Waals surface area contributed by atoms with Gasteiger partial charge in [-0.3, -0.25) is 4.79 Å². The molecule has 0 aliphatic carbocycles. The van der Waals surface area contributed by atoms with Crippen LogP contribution in [0.3, 0.4) is 0 Å². The summed E-state index contributed by atoms with van der Waals surface area (Å²) in [7, 11) is -0.455. The van der Waals surface area contributed by atoms with Crippen LogP contribution in [0, 0.1) is 5.92 Å². The largest absolute Gasteiger partial charge is 0.508 e. The van der Waals surface area contributed by atoms with E-state index in [4.69, 9.17) is 9.26 Å². The van der Waals surface area contributed by atoms with Crippen molar-refractivity contribution < 1.29 is 18.6 Å². The highest BCUT2D eigenvalue weighted by atomic mass is 31.1. The highest BCUT2D eigenvalue weighted by molar-refractivity contribution is 7.39. The van der Waals surface area contributed by atoms with E-state index in [-0.39, 0.29) is 18.7 Å². The minimum atomic E-state index is -1.85. The number of aryl methyl sites for hydroxylation is 1. The summed E-state index contributed by atoms with van der Waals surface area (Å²) in [6.45, 7) is 0.227. The van der Waals surface area contributed by atoms with Gasteiger partial charge in [0.25, 0.3) is 0 Å². The van der Waals surface area contributed by atoms with Gasteiger partial charge in [-0.25, -0.2) is 0 Å². The molecule has 2 unspecified atom stereocenters. The standard InChI is InChI=1S/C19H22O4P/c1-22-24(21)15-18(13-12-16-8-4-2-5-9-16)19(20)23-14-17-10-6-3-7-11-17/h2-11,18H,12-15H2,1H3/q+1. The van der Waals surface area contributed by atoms with Crippen molar-refractivity contribution in [2.75, 3.05) is 13.3 Å². The molecule has 0 bridgehead atoms. The number of esters is 1. The Labute approximate surface area is 143 Å².